The summed E-state index contributed by atoms with van der Waals surface area (Å²) in [5.74, 6) is 1.63. The van der Waals surface area contributed by atoms with Crippen LogP contribution < -0.4 is 14.2 Å². The molecule has 1 saturated heterocycles. The Labute approximate surface area is 342 Å². The Bertz CT molecular complexity index is 1730. The summed E-state index contributed by atoms with van der Waals surface area (Å²) in [6.45, 7) is 20.5. The minimum Gasteiger partial charge on any atom is -0.497 e. The smallest absolute Gasteiger partial charge is 0.331 e. The van der Waals surface area contributed by atoms with Gasteiger partial charge in [0.2, 0.25) is 0 Å². The first-order valence-corrected chi connectivity index (χ1v) is 22.9. The molecule has 0 aliphatic carbocycles. The van der Waals surface area contributed by atoms with Crippen molar-refractivity contribution in [3.8, 4) is 17.2 Å². The molecule has 0 N–H and O–H groups in total. The van der Waals surface area contributed by atoms with Gasteiger partial charge in [-0.3, -0.25) is 0 Å². The van der Waals surface area contributed by atoms with E-state index < -0.39 is 26.5 Å². The van der Waals surface area contributed by atoms with Crippen LogP contribution in [0, 0.1) is 0 Å². The van der Waals surface area contributed by atoms with Crippen LogP contribution in [-0.4, -0.2) is 72.7 Å². The highest BCUT2D eigenvalue weighted by atomic mass is 28.4. The number of ether oxygens (including phenoxy) is 7. The van der Waals surface area contributed by atoms with Crippen LogP contribution in [0.1, 0.15) is 77.8 Å². The molecule has 312 valence electrons. The largest absolute Gasteiger partial charge is 0.497 e. The third-order valence-corrected chi connectivity index (χ3v) is 15.3. The lowest BCUT2D eigenvalue weighted by Gasteiger charge is -2.39. The topological polar surface area (TPSA) is 90.9 Å². The van der Waals surface area contributed by atoms with Gasteiger partial charge in [0.05, 0.1) is 59.5 Å². The first kappa shape index (κ1) is 45.8. The Balaban J connectivity index is 1.65. The summed E-state index contributed by atoms with van der Waals surface area (Å²) >= 11 is 0. The molecule has 2 bridgehead atoms. The monoisotopic (exact) mass is 802 g/mol. The number of carbonyl (C=O) groups is 1. The maximum Gasteiger partial charge on any atom is 0.331 e. The van der Waals surface area contributed by atoms with Gasteiger partial charge in [-0.1, -0.05) is 86.6 Å². The minimum absolute atomic E-state index is 0.000997. The molecule has 0 amide bonds. The van der Waals surface area contributed by atoms with Gasteiger partial charge >= 0.3 is 5.97 Å². The third-order valence-electron chi connectivity index (χ3n) is 10.8. The number of fused-ring (bicyclic) bond motifs is 2. The zero-order chi connectivity index (χ0) is 41.6. The van der Waals surface area contributed by atoms with E-state index in [2.05, 4.69) is 65.6 Å². The highest BCUT2D eigenvalue weighted by Crippen LogP contribution is 2.38. The molecule has 0 aromatic heterocycles. The molecular weight excluding hydrogens is 737 g/mol. The van der Waals surface area contributed by atoms with Crippen LogP contribution >= 0.6 is 0 Å². The second-order valence-corrected chi connectivity index (χ2v) is 21.5. The Hall–Kier alpha value is -3.93. The number of methoxy groups -OCH3 is 3. The fourth-order valence-corrected chi connectivity index (χ4v) is 7.89. The van der Waals surface area contributed by atoms with Gasteiger partial charge in [-0.05, 0) is 87.5 Å². The first-order chi connectivity index (χ1) is 27.1. The summed E-state index contributed by atoms with van der Waals surface area (Å²) in [6.07, 6.45) is 13.6. The molecule has 2 aliphatic heterocycles. The van der Waals surface area contributed by atoms with Crippen LogP contribution in [0.25, 0.3) is 0 Å². The lowest BCUT2D eigenvalue weighted by Crippen LogP contribution is -2.43. The molecule has 1 fully saturated rings. The molecule has 57 heavy (non-hydrogen) atoms. The van der Waals surface area contributed by atoms with Crippen LogP contribution in [0.3, 0.4) is 0 Å². The van der Waals surface area contributed by atoms with E-state index in [9.17, 15) is 4.79 Å². The van der Waals surface area contributed by atoms with Gasteiger partial charge in [0, 0.05) is 24.1 Å². The number of carbonyl (C=O) groups excluding carboxylic acids is 1. The number of hydrogen-bond acceptors (Lipinski definition) is 9. The number of benzene rings is 2. The van der Waals surface area contributed by atoms with E-state index in [1.807, 2.05) is 55.5 Å². The maximum absolute atomic E-state index is 13.6. The predicted octanol–water partition coefficient (Wildman–Crippen LogP) is 10.4. The first-order valence-electron chi connectivity index (χ1n) is 20.0. The van der Waals surface area contributed by atoms with Crippen LogP contribution in [0.15, 0.2) is 102 Å². The highest BCUT2D eigenvalue weighted by Gasteiger charge is 2.39. The van der Waals surface area contributed by atoms with Crippen LogP contribution in [-0.2, 0) is 41.4 Å². The van der Waals surface area contributed by atoms with Gasteiger partial charge in [-0.15, -0.1) is 0 Å². The third kappa shape index (κ3) is 14.7. The van der Waals surface area contributed by atoms with E-state index in [-0.39, 0.29) is 43.2 Å². The van der Waals surface area contributed by atoms with Gasteiger partial charge in [0.25, 0.3) is 0 Å². The van der Waals surface area contributed by atoms with Crippen LogP contribution in [0.5, 0.6) is 17.2 Å². The predicted molar refractivity (Wildman–Crippen MR) is 229 cm³/mol. The van der Waals surface area contributed by atoms with Crippen molar-refractivity contribution in [3.05, 3.63) is 113 Å². The Morgan fingerprint density at radius 3 is 2.30 bits per heavy atom. The quantitative estimate of drug-likeness (QED) is 0.112. The Morgan fingerprint density at radius 2 is 1.61 bits per heavy atom. The van der Waals surface area contributed by atoms with Gasteiger partial charge in [-0.25, -0.2) is 4.79 Å². The molecule has 0 spiro atoms. The van der Waals surface area contributed by atoms with E-state index >= 15 is 0 Å². The standard InChI is InChI=1S/C47H66O9Si/c1-33-14-12-17-46(48)55-44(28-35(3)27-42-26-34(2)25-40(54-42)15-13-16-41(24-33)56-57(10,11)47(4,5)6)45(53-30-36-18-21-38(49-7)22-19-36)32-52-31-37-20-23-39(50-8)29-43(37)51-9/h12-14,16-23,27,29,40-42,44-45H,2,15,24-26,28,30-32H2,1,3-11H3/b16-13+,17-12+,33-14-,35-27+/t40-,41+,42-,44-,45-/m1/s1. The summed E-state index contributed by atoms with van der Waals surface area (Å²) < 4.78 is 49.0. The normalized spacial score (nSPS) is 25.0. The van der Waals surface area contributed by atoms with Crippen LogP contribution in [0.2, 0.25) is 18.1 Å². The van der Waals surface area contributed by atoms with Crippen molar-refractivity contribution < 1.29 is 42.4 Å². The molecule has 0 radical (unpaired) electrons. The van der Waals surface area contributed by atoms with Crippen molar-refractivity contribution in [2.75, 3.05) is 27.9 Å². The van der Waals surface area contributed by atoms with Crippen LogP contribution in [0.4, 0.5) is 0 Å². The molecule has 2 aromatic carbocycles. The highest BCUT2D eigenvalue weighted by molar-refractivity contribution is 6.74. The maximum atomic E-state index is 13.6. The van der Waals surface area contributed by atoms with Crippen molar-refractivity contribution in [2.24, 2.45) is 0 Å². The van der Waals surface area contributed by atoms with Gasteiger partial charge in [-0.2, -0.15) is 0 Å². The molecule has 9 nitrogen and oxygen atoms in total. The fraction of sp³-hybridized carbons (Fsp3) is 0.511. The second-order valence-electron chi connectivity index (χ2n) is 16.7. The lowest BCUT2D eigenvalue weighted by molar-refractivity contribution is -0.157. The average molecular weight is 803 g/mol. The number of hydrogen-bond donors (Lipinski definition) is 0. The molecular formula is C47H66O9Si. The summed E-state index contributed by atoms with van der Waals surface area (Å²) in [7, 11) is 2.81. The second kappa shape index (κ2) is 21.7. The Kier molecular flexibility index (Phi) is 17.4. The summed E-state index contributed by atoms with van der Waals surface area (Å²) in [5, 5.41) is 0.0656. The van der Waals surface area contributed by atoms with Gasteiger partial charge in [0.1, 0.15) is 29.5 Å². The number of esters is 1. The SMILES string of the molecule is C=C1C[C@H]2C/C=C/[C@H](O[Si](C)(C)C(C)(C)C)C/C(C)=C\C=C\C(=O)O[C@@H]([C@@H](COCc3ccc(OC)cc3OC)OCc3ccc(OC)cc3)C/C(C)=C/[C@@H](C1)O2. The molecule has 0 unspecified atom stereocenters. The van der Waals surface area contributed by atoms with Crippen molar-refractivity contribution in [1.29, 1.82) is 0 Å². The molecule has 10 heteroatoms. The van der Waals surface area contributed by atoms with E-state index in [1.54, 1.807) is 27.4 Å². The number of cyclic esters (lactones) is 1. The van der Waals surface area contributed by atoms with Crippen molar-refractivity contribution in [1.82, 2.24) is 0 Å². The van der Waals surface area contributed by atoms with Crippen molar-refractivity contribution in [2.45, 2.75) is 129 Å². The van der Waals surface area contributed by atoms with E-state index in [4.69, 9.17) is 37.6 Å². The van der Waals surface area contributed by atoms with Crippen molar-refractivity contribution >= 4 is 14.3 Å². The summed E-state index contributed by atoms with van der Waals surface area (Å²) in [5.41, 5.74) is 5.06. The molecule has 4 rings (SSSR count). The Morgan fingerprint density at radius 1 is 0.895 bits per heavy atom. The molecule has 2 heterocycles. The summed E-state index contributed by atoms with van der Waals surface area (Å²) in [6, 6.07) is 13.3. The number of allylic oxidation sites excluding steroid dienone is 2. The van der Waals surface area contributed by atoms with Crippen molar-refractivity contribution in [3.63, 3.8) is 0 Å². The molecule has 0 saturated carbocycles. The summed E-state index contributed by atoms with van der Waals surface area (Å²) in [4.78, 5) is 13.6. The zero-order valence-corrected chi connectivity index (χ0v) is 36.9. The lowest BCUT2D eigenvalue weighted by atomic mass is 9.95. The average Bonchev–Trinajstić information content (AvgIpc) is 3.14. The van der Waals surface area contributed by atoms with Gasteiger partial charge < -0.3 is 37.6 Å². The van der Waals surface area contributed by atoms with E-state index in [1.165, 1.54) is 6.08 Å². The molecule has 2 aromatic rings. The fourth-order valence-electron chi connectivity index (χ4n) is 6.62. The van der Waals surface area contributed by atoms with E-state index in [0.717, 1.165) is 52.9 Å². The number of rotatable bonds is 13. The molecule has 2 aliphatic rings. The van der Waals surface area contributed by atoms with Gasteiger partial charge in [0.15, 0.2) is 8.32 Å². The zero-order valence-electron chi connectivity index (χ0n) is 35.9. The molecule has 5 atom stereocenters. The minimum atomic E-state index is -2.06. The van der Waals surface area contributed by atoms with E-state index in [0.29, 0.717) is 24.3 Å².